The fourth-order valence-corrected chi connectivity index (χ4v) is 5.42. The summed E-state index contributed by atoms with van der Waals surface area (Å²) in [6.07, 6.45) is 12.2. The zero-order valence-corrected chi connectivity index (χ0v) is 18.1. The van der Waals surface area contributed by atoms with E-state index in [0.717, 1.165) is 36.8 Å². The minimum atomic E-state index is 0.240. The number of nitrogens with zero attached hydrogens (tertiary/aromatic N) is 3. The standard InChI is InChI=1S/C23H31N3O2S/c1-17-9-8-10-18(15-17)22-24-25-23(28-22)29-16-21(27)26(19-11-4-2-5-12-19)20-13-6-3-7-14-20/h8-10,15,19-20H,2-7,11-14,16H2,1H3. The van der Waals surface area contributed by atoms with Crippen LogP contribution in [0.4, 0.5) is 0 Å². The van der Waals surface area contributed by atoms with Crippen molar-refractivity contribution in [2.24, 2.45) is 0 Å². The van der Waals surface area contributed by atoms with Crippen LogP contribution in [-0.2, 0) is 4.79 Å². The molecule has 2 aliphatic rings. The Morgan fingerprint density at radius 2 is 1.69 bits per heavy atom. The lowest BCUT2D eigenvalue weighted by atomic mass is 9.88. The molecule has 2 aliphatic carbocycles. The van der Waals surface area contributed by atoms with Crippen molar-refractivity contribution in [3.63, 3.8) is 0 Å². The third-order valence-electron chi connectivity index (χ3n) is 6.21. The lowest BCUT2D eigenvalue weighted by Crippen LogP contribution is -2.49. The van der Waals surface area contributed by atoms with Gasteiger partial charge in [0, 0.05) is 17.6 Å². The first-order valence-electron chi connectivity index (χ1n) is 11.1. The zero-order valence-electron chi connectivity index (χ0n) is 17.3. The van der Waals surface area contributed by atoms with Crippen molar-refractivity contribution in [1.82, 2.24) is 15.1 Å². The van der Waals surface area contributed by atoms with Crippen molar-refractivity contribution in [2.45, 2.75) is 88.4 Å². The number of carbonyl (C=O) groups excluding carboxylic acids is 1. The smallest absolute Gasteiger partial charge is 0.277 e. The van der Waals surface area contributed by atoms with Crippen LogP contribution in [0.25, 0.3) is 11.5 Å². The highest BCUT2D eigenvalue weighted by atomic mass is 32.2. The highest BCUT2D eigenvalue weighted by Gasteiger charge is 2.32. The van der Waals surface area contributed by atoms with Gasteiger partial charge >= 0.3 is 0 Å². The predicted octanol–water partition coefficient (Wildman–Crippen LogP) is 5.63. The summed E-state index contributed by atoms with van der Waals surface area (Å²) in [5.74, 6) is 1.13. The van der Waals surface area contributed by atoms with Gasteiger partial charge in [0.1, 0.15) is 0 Å². The van der Waals surface area contributed by atoms with Gasteiger partial charge in [-0.3, -0.25) is 4.79 Å². The van der Waals surface area contributed by atoms with Crippen LogP contribution in [0.15, 0.2) is 33.9 Å². The number of aryl methyl sites for hydroxylation is 1. The molecular weight excluding hydrogens is 382 g/mol. The third kappa shape index (κ3) is 5.21. The van der Waals surface area contributed by atoms with Crippen molar-refractivity contribution in [1.29, 1.82) is 0 Å². The van der Waals surface area contributed by atoms with Crippen LogP contribution in [0.2, 0.25) is 0 Å². The lowest BCUT2D eigenvalue weighted by Gasteiger charge is -2.41. The Labute approximate surface area is 177 Å². The molecule has 1 amide bonds. The molecule has 1 aromatic heterocycles. The van der Waals surface area contributed by atoms with Gasteiger partial charge in [0.2, 0.25) is 11.8 Å². The van der Waals surface area contributed by atoms with E-state index in [0.29, 0.717) is 29.0 Å². The molecule has 0 unspecified atom stereocenters. The van der Waals surface area contributed by atoms with E-state index in [2.05, 4.69) is 15.1 Å². The van der Waals surface area contributed by atoms with Gasteiger partial charge in [0.15, 0.2) is 0 Å². The minimum Gasteiger partial charge on any atom is -0.411 e. The summed E-state index contributed by atoms with van der Waals surface area (Å²) in [7, 11) is 0. The monoisotopic (exact) mass is 413 g/mol. The Kier molecular flexibility index (Phi) is 6.90. The molecule has 0 spiro atoms. The first-order valence-corrected chi connectivity index (χ1v) is 12.0. The number of benzene rings is 1. The van der Waals surface area contributed by atoms with Gasteiger partial charge in [0.25, 0.3) is 5.22 Å². The Morgan fingerprint density at radius 3 is 2.31 bits per heavy atom. The summed E-state index contributed by atoms with van der Waals surface area (Å²) < 4.78 is 5.82. The number of thioether (sulfide) groups is 1. The van der Waals surface area contributed by atoms with Gasteiger partial charge in [0.05, 0.1) is 5.75 Å². The second-order valence-corrected chi connectivity index (χ2v) is 9.34. The number of aromatic nitrogens is 2. The molecule has 0 bridgehead atoms. The van der Waals surface area contributed by atoms with E-state index in [4.69, 9.17) is 4.42 Å². The normalized spacial score (nSPS) is 18.7. The summed E-state index contributed by atoms with van der Waals surface area (Å²) in [4.78, 5) is 15.5. The molecule has 0 atom stereocenters. The van der Waals surface area contributed by atoms with Crippen molar-refractivity contribution in [2.75, 3.05) is 5.75 Å². The summed E-state index contributed by atoms with van der Waals surface area (Å²) in [6.45, 7) is 2.04. The molecule has 5 nitrogen and oxygen atoms in total. The zero-order chi connectivity index (χ0) is 20.1. The number of rotatable bonds is 6. The molecule has 156 valence electrons. The Hall–Kier alpha value is -1.82. The first kappa shape index (κ1) is 20.5. The predicted molar refractivity (Wildman–Crippen MR) is 116 cm³/mol. The lowest BCUT2D eigenvalue weighted by molar-refractivity contribution is -0.135. The van der Waals surface area contributed by atoms with Gasteiger partial charge in [-0.2, -0.15) is 0 Å². The second-order valence-electron chi connectivity index (χ2n) is 8.42. The second kappa shape index (κ2) is 9.79. The van der Waals surface area contributed by atoms with E-state index in [-0.39, 0.29) is 5.91 Å². The fourth-order valence-electron chi connectivity index (χ4n) is 4.78. The molecule has 2 saturated carbocycles. The maximum absolute atomic E-state index is 13.3. The highest BCUT2D eigenvalue weighted by Crippen LogP contribution is 2.31. The molecule has 1 heterocycles. The fraction of sp³-hybridized carbons (Fsp3) is 0.609. The van der Waals surface area contributed by atoms with Crippen molar-refractivity contribution < 1.29 is 9.21 Å². The van der Waals surface area contributed by atoms with Gasteiger partial charge < -0.3 is 9.32 Å². The van der Waals surface area contributed by atoms with Crippen LogP contribution in [0, 0.1) is 6.92 Å². The molecule has 0 N–H and O–H groups in total. The first-order chi connectivity index (χ1) is 14.2. The molecule has 29 heavy (non-hydrogen) atoms. The Morgan fingerprint density at radius 1 is 1.03 bits per heavy atom. The number of amides is 1. The van der Waals surface area contributed by atoms with Crippen LogP contribution in [0.1, 0.15) is 69.8 Å². The van der Waals surface area contributed by atoms with E-state index in [1.807, 2.05) is 31.2 Å². The van der Waals surface area contributed by atoms with Crippen LogP contribution in [0.5, 0.6) is 0 Å². The maximum Gasteiger partial charge on any atom is 0.277 e. The van der Waals surface area contributed by atoms with Gasteiger partial charge in [-0.05, 0) is 44.7 Å². The topological polar surface area (TPSA) is 59.2 Å². The van der Waals surface area contributed by atoms with E-state index in [9.17, 15) is 4.79 Å². The summed E-state index contributed by atoms with van der Waals surface area (Å²) in [5, 5.41) is 8.80. The van der Waals surface area contributed by atoms with E-state index in [1.165, 1.54) is 50.3 Å². The highest BCUT2D eigenvalue weighted by molar-refractivity contribution is 7.99. The molecule has 0 saturated heterocycles. The Bertz CT molecular complexity index is 792. The minimum absolute atomic E-state index is 0.240. The largest absolute Gasteiger partial charge is 0.411 e. The number of hydrogen-bond donors (Lipinski definition) is 0. The summed E-state index contributed by atoms with van der Waals surface area (Å²) in [6, 6.07) is 8.86. The van der Waals surface area contributed by atoms with E-state index >= 15 is 0 Å². The molecule has 4 rings (SSSR count). The van der Waals surface area contributed by atoms with Crippen LogP contribution in [-0.4, -0.2) is 38.8 Å². The van der Waals surface area contributed by atoms with Crippen molar-refractivity contribution in [3.05, 3.63) is 29.8 Å². The maximum atomic E-state index is 13.3. The van der Waals surface area contributed by atoms with Gasteiger partial charge in [-0.25, -0.2) is 0 Å². The van der Waals surface area contributed by atoms with Crippen LogP contribution in [0.3, 0.4) is 0 Å². The molecule has 0 radical (unpaired) electrons. The average Bonchev–Trinajstić information content (AvgIpc) is 3.23. The molecule has 6 heteroatoms. The van der Waals surface area contributed by atoms with Gasteiger partial charge in [-0.15, -0.1) is 10.2 Å². The van der Waals surface area contributed by atoms with Crippen molar-refractivity contribution in [3.8, 4) is 11.5 Å². The average molecular weight is 414 g/mol. The Balaban J connectivity index is 1.41. The molecule has 2 fully saturated rings. The van der Waals surface area contributed by atoms with Gasteiger partial charge in [-0.1, -0.05) is 68.0 Å². The third-order valence-corrected chi connectivity index (χ3v) is 7.02. The van der Waals surface area contributed by atoms with Crippen molar-refractivity contribution >= 4 is 17.7 Å². The quantitative estimate of drug-likeness (QED) is 0.574. The SMILES string of the molecule is Cc1cccc(-c2nnc(SCC(=O)N(C3CCCCC3)C3CCCCC3)o2)c1. The summed E-state index contributed by atoms with van der Waals surface area (Å²) >= 11 is 1.37. The molecule has 1 aromatic carbocycles. The summed E-state index contributed by atoms with van der Waals surface area (Å²) in [5.41, 5.74) is 2.07. The molecule has 0 aliphatic heterocycles. The van der Waals surface area contributed by atoms with Crippen LogP contribution < -0.4 is 0 Å². The van der Waals surface area contributed by atoms with E-state index in [1.54, 1.807) is 0 Å². The number of hydrogen-bond acceptors (Lipinski definition) is 5. The van der Waals surface area contributed by atoms with Crippen LogP contribution >= 0.6 is 11.8 Å². The molecule has 2 aromatic rings. The molecular formula is C23H31N3O2S. The van der Waals surface area contributed by atoms with E-state index < -0.39 is 0 Å². The number of carbonyl (C=O) groups is 1.